The van der Waals surface area contributed by atoms with E-state index in [0.29, 0.717) is 11.4 Å². The standard InChI is InChI=1S/C27H28N4O3/c1-18-19(2)31(22-11-4-3-5-12-22)27(23(18)16-28)30-24(32)17-34-25(33)14-13-21-9-6-8-20-10-7-15-29-26(20)21/h6-10,13-15,22H,3-5,11-12,17H2,1-2H3,(H,30,32). The molecule has 7 nitrogen and oxygen atoms in total. The molecule has 174 valence electrons. The molecule has 0 unspecified atom stereocenters. The van der Waals surface area contributed by atoms with E-state index in [1.54, 1.807) is 12.3 Å². The predicted octanol–water partition coefficient (Wildman–Crippen LogP) is 5.23. The third-order valence-corrected chi connectivity index (χ3v) is 6.47. The zero-order valence-electron chi connectivity index (χ0n) is 19.5. The minimum Gasteiger partial charge on any atom is -0.452 e. The van der Waals surface area contributed by atoms with Crippen LogP contribution in [-0.4, -0.2) is 28.0 Å². The number of ether oxygens (including phenoxy) is 1. The Balaban J connectivity index is 1.43. The van der Waals surface area contributed by atoms with E-state index in [9.17, 15) is 14.9 Å². The summed E-state index contributed by atoms with van der Waals surface area (Å²) < 4.78 is 7.24. The number of carbonyl (C=O) groups excluding carboxylic acids is 2. The van der Waals surface area contributed by atoms with Gasteiger partial charge in [-0.2, -0.15) is 5.26 Å². The van der Waals surface area contributed by atoms with Crippen LogP contribution in [0.4, 0.5) is 5.82 Å². The van der Waals surface area contributed by atoms with Crippen molar-refractivity contribution in [3.63, 3.8) is 0 Å². The lowest BCUT2D eigenvalue weighted by Gasteiger charge is -2.27. The smallest absolute Gasteiger partial charge is 0.331 e. The van der Waals surface area contributed by atoms with Crippen molar-refractivity contribution in [2.75, 3.05) is 11.9 Å². The molecule has 2 heterocycles. The summed E-state index contributed by atoms with van der Waals surface area (Å²) in [5.41, 5.74) is 3.89. The zero-order valence-corrected chi connectivity index (χ0v) is 19.5. The Hall–Kier alpha value is -3.92. The van der Waals surface area contributed by atoms with Crippen LogP contribution >= 0.6 is 0 Å². The number of esters is 1. The molecule has 1 aliphatic carbocycles. The normalized spacial score (nSPS) is 14.3. The number of carbonyl (C=O) groups is 2. The monoisotopic (exact) mass is 456 g/mol. The van der Waals surface area contributed by atoms with Crippen LogP contribution in [0.1, 0.15) is 60.5 Å². The molecule has 1 amide bonds. The van der Waals surface area contributed by atoms with E-state index in [0.717, 1.165) is 53.4 Å². The quantitative estimate of drug-likeness (QED) is 0.405. The van der Waals surface area contributed by atoms with Gasteiger partial charge in [0.1, 0.15) is 11.9 Å². The third kappa shape index (κ3) is 4.86. The molecule has 1 fully saturated rings. The van der Waals surface area contributed by atoms with E-state index < -0.39 is 18.5 Å². The Morgan fingerprint density at radius 1 is 1.21 bits per heavy atom. The van der Waals surface area contributed by atoms with Crippen LogP contribution in [0, 0.1) is 25.2 Å². The van der Waals surface area contributed by atoms with Crippen molar-refractivity contribution in [3.05, 3.63) is 65.0 Å². The number of hydrogen-bond acceptors (Lipinski definition) is 5. The Morgan fingerprint density at radius 3 is 2.74 bits per heavy atom. The highest BCUT2D eigenvalue weighted by Gasteiger charge is 2.26. The van der Waals surface area contributed by atoms with Gasteiger partial charge in [-0.1, -0.05) is 43.5 Å². The molecule has 1 aliphatic rings. The number of rotatable bonds is 6. The number of hydrogen-bond donors (Lipinski definition) is 1. The maximum atomic E-state index is 12.6. The molecule has 2 aromatic heterocycles. The fraction of sp³-hybridized carbons (Fsp3) is 0.333. The zero-order chi connectivity index (χ0) is 24.1. The summed E-state index contributed by atoms with van der Waals surface area (Å²) in [5.74, 6) is -0.596. The van der Waals surface area contributed by atoms with Gasteiger partial charge in [0, 0.05) is 35.0 Å². The average Bonchev–Trinajstić information content (AvgIpc) is 3.10. The van der Waals surface area contributed by atoms with Gasteiger partial charge in [-0.25, -0.2) is 4.79 Å². The second kappa shape index (κ2) is 10.3. The maximum absolute atomic E-state index is 12.6. The molecule has 3 aromatic rings. The summed E-state index contributed by atoms with van der Waals surface area (Å²) in [7, 11) is 0. The average molecular weight is 457 g/mol. The Labute approximate surface area is 199 Å². The summed E-state index contributed by atoms with van der Waals surface area (Å²) in [6.45, 7) is 3.44. The number of nitrogens with one attached hydrogen (secondary N) is 1. The van der Waals surface area contributed by atoms with Crippen LogP contribution in [0.2, 0.25) is 0 Å². The first-order valence-electron chi connectivity index (χ1n) is 11.6. The second-order valence-electron chi connectivity index (χ2n) is 8.62. The van der Waals surface area contributed by atoms with Crippen LogP contribution in [-0.2, 0) is 14.3 Å². The molecule has 4 rings (SSSR count). The number of aromatic nitrogens is 2. The van der Waals surface area contributed by atoms with Gasteiger partial charge in [-0.3, -0.25) is 9.78 Å². The molecular weight excluding hydrogens is 428 g/mol. The number of benzene rings is 1. The second-order valence-corrected chi connectivity index (χ2v) is 8.62. The van der Waals surface area contributed by atoms with Crippen molar-refractivity contribution in [2.24, 2.45) is 0 Å². The number of anilines is 1. The van der Waals surface area contributed by atoms with Gasteiger partial charge in [0.2, 0.25) is 0 Å². The van der Waals surface area contributed by atoms with Gasteiger partial charge in [0.05, 0.1) is 11.1 Å². The van der Waals surface area contributed by atoms with Crippen LogP contribution in [0.5, 0.6) is 0 Å². The largest absolute Gasteiger partial charge is 0.452 e. The summed E-state index contributed by atoms with van der Waals surface area (Å²) >= 11 is 0. The van der Waals surface area contributed by atoms with Gasteiger partial charge >= 0.3 is 5.97 Å². The molecule has 0 bridgehead atoms. The molecule has 0 radical (unpaired) electrons. The van der Waals surface area contributed by atoms with Crippen molar-refractivity contribution in [3.8, 4) is 6.07 Å². The Bertz CT molecular complexity index is 1290. The molecule has 1 saturated carbocycles. The van der Waals surface area contributed by atoms with Crippen molar-refractivity contribution < 1.29 is 14.3 Å². The van der Waals surface area contributed by atoms with Gasteiger partial charge in [0.15, 0.2) is 6.61 Å². The van der Waals surface area contributed by atoms with Gasteiger partial charge in [-0.05, 0) is 44.4 Å². The van der Waals surface area contributed by atoms with Gasteiger partial charge < -0.3 is 14.6 Å². The SMILES string of the molecule is Cc1c(C#N)c(NC(=O)COC(=O)C=Cc2cccc3cccnc23)n(C2CCCCC2)c1C. The van der Waals surface area contributed by atoms with Crippen LogP contribution in [0.25, 0.3) is 17.0 Å². The van der Waals surface area contributed by atoms with Crippen LogP contribution < -0.4 is 5.32 Å². The number of fused-ring (bicyclic) bond motifs is 1. The maximum Gasteiger partial charge on any atom is 0.331 e. The van der Waals surface area contributed by atoms with Crippen molar-refractivity contribution >= 4 is 34.7 Å². The number of nitriles is 1. The van der Waals surface area contributed by atoms with Gasteiger partial charge in [0.25, 0.3) is 5.91 Å². The molecule has 7 heteroatoms. The third-order valence-electron chi connectivity index (χ3n) is 6.47. The first-order chi connectivity index (χ1) is 16.5. The fourth-order valence-corrected chi connectivity index (χ4v) is 4.66. The minimum atomic E-state index is -0.626. The predicted molar refractivity (Wildman–Crippen MR) is 131 cm³/mol. The van der Waals surface area contributed by atoms with E-state index in [4.69, 9.17) is 4.74 Å². The van der Waals surface area contributed by atoms with E-state index in [1.165, 1.54) is 12.5 Å². The van der Waals surface area contributed by atoms with E-state index in [-0.39, 0.29) is 6.04 Å². The van der Waals surface area contributed by atoms with E-state index >= 15 is 0 Å². The lowest BCUT2D eigenvalue weighted by atomic mass is 9.95. The number of nitrogens with zero attached hydrogens (tertiary/aromatic N) is 3. The highest BCUT2D eigenvalue weighted by Crippen LogP contribution is 2.36. The van der Waals surface area contributed by atoms with Gasteiger partial charge in [-0.15, -0.1) is 0 Å². The van der Waals surface area contributed by atoms with Crippen molar-refractivity contribution in [2.45, 2.75) is 52.0 Å². The number of para-hydroxylation sites is 1. The number of amides is 1. The Kier molecular flexibility index (Phi) is 7.07. The fourth-order valence-electron chi connectivity index (χ4n) is 4.66. The van der Waals surface area contributed by atoms with E-state index in [2.05, 4.69) is 20.9 Å². The summed E-state index contributed by atoms with van der Waals surface area (Å²) in [6, 6.07) is 12.0. The molecule has 1 N–H and O–H groups in total. The van der Waals surface area contributed by atoms with Crippen molar-refractivity contribution in [1.29, 1.82) is 5.26 Å². The van der Waals surface area contributed by atoms with Crippen LogP contribution in [0.3, 0.4) is 0 Å². The summed E-state index contributed by atoms with van der Waals surface area (Å²) in [4.78, 5) is 29.2. The molecule has 0 atom stereocenters. The summed E-state index contributed by atoms with van der Waals surface area (Å²) in [5, 5.41) is 13.5. The van der Waals surface area contributed by atoms with E-state index in [1.807, 2.05) is 44.2 Å². The molecule has 0 aliphatic heterocycles. The highest BCUT2D eigenvalue weighted by atomic mass is 16.5. The molecule has 1 aromatic carbocycles. The first-order valence-corrected chi connectivity index (χ1v) is 11.6. The van der Waals surface area contributed by atoms with Crippen LogP contribution in [0.15, 0.2) is 42.6 Å². The number of pyridine rings is 1. The lowest BCUT2D eigenvalue weighted by molar-refractivity contribution is -0.142. The van der Waals surface area contributed by atoms with Crippen molar-refractivity contribution in [1.82, 2.24) is 9.55 Å². The topological polar surface area (TPSA) is 97.0 Å². The minimum absolute atomic E-state index is 0.254. The first kappa shape index (κ1) is 23.2. The molecule has 34 heavy (non-hydrogen) atoms. The molecular formula is C27H28N4O3. The molecule has 0 spiro atoms. The highest BCUT2D eigenvalue weighted by molar-refractivity contribution is 5.96. The summed E-state index contributed by atoms with van der Waals surface area (Å²) in [6.07, 6.45) is 10.1. The molecule has 0 saturated heterocycles. The Morgan fingerprint density at radius 2 is 1.97 bits per heavy atom. The lowest BCUT2D eigenvalue weighted by Crippen LogP contribution is -2.24.